The Kier molecular flexibility index (Phi) is 5.77. The number of carbonyl (C=O) groups excluding carboxylic acids is 2. The first-order valence-corrected chi connectivity index (χ1v) is 12.2. The van der Waals surface area contributed by atoms with E-state index in [4.69, 9.17) is 4.74 Å². The van der Waals surface area contributed by atoms with Gasteiger partial charge in [-0.2, -0.15) is 0 Å². The van der Waals surface area contributed by atoms with Crippen LogP contribution in [0.1, 0.15) is 55.4 Å². The average molecular weight is 447 g/mol. The summed E-state index contributed by atoms with van der Waals surface area (Å²) in [5, 5.41) is 0. The van der Waals surface area contributed by atoms with Crippen LogP contribution in [0.2, 0.25) is 0 Å². The second kappa shape index (κ2) is 8.60. The molecule has 3 aliphatic rings. The molecule has 0 bridgehead atoms. The van der Waals surface area contributed by atoms with E-state index in [1.807, 2.05) is 30.3 Å². The van der Waals surface area contributed by atoms with Crippen LogP contribution in [0.5, 0.6) is 0 Å². The summed E-state index contributed by atoms with van der Waals surface area (Å²) in [4.78, 5) is 30.5. The van der Waals surface area contributed by atoms with Gasteiger partial charge in [0.05, 0.1) is 12.0 Å². The first-order chi connectivity index (χ1) is 15.8. The van der Waals surface area contributed by atoms with Gasteiger partial charge in [0.2, 0.25) is 5.91 Å². The summed E-state index contributed by atoms with van der Waals surface area (Å²) in [5.41, 5.74) is 5.16. The minimum absolute atomic E-state index is 0.0427. The van der Waals surface area contributed by atoms with Crippen molar-refractivity contribution < 1.29 is 14.3 Å². The third kappa shape index (κ3) is 4.31. The number of likely N-dealkylation sites (tertiary alicyclic amines) is 1. The Hall–Kier alpha value is -2.66. The smallest absolute Gasteiger partial charge is 0.416 e. The zero-order chi connectivity index (χ0) is 23.2. The van der Waals surface area contributed by atoms with Gasteiger partial charge >= 0.3 is 6.09 Å². The largest absolute Gasteiger partial charge is 0.447 e. The molecule has 2 fully saturated rings. The van der Waals surface area contributed by atoms with Crippen LogP contribution >= 0.6 is 0 Å². The molecule has 0 aromatic heterocycles. The van der Waals surface area contributed by atoms with Crippen LogP contribution < -0.4 is 0 Å². The molecule has 5 rings (SSSR count). The summed E-state index contributed by atoms with van der Waals surface area (Å²) in [6.07, 6.45) is 3.60. The van der Waals surface area contributed by atoms with E-state index in [9.17, 15) is 9.59 Å². The molecule has 2 aromatic carbocycles. The first kappa shape index (κ1) is 22.1. The fourth-order valence-electron chi connectivity index (χ4n) is 5.71. The van der Waals surface area contributed by atoms with E-state index in [-0.39, 0.29) is 35.9 Å². The van der Waals surface area contributed by atoms with Crippen molar-refractivity contribution in [3.05, 3.63) is 70.8 Å². The molecule has 33 heavy (non-hydrogen) atoms. The molecule has 1 aliphatic carbocycles. The van der Waals surface area contributed by atoms with Crippen molar-refractivity contribution >= 4 is 12.0 Å². The molecule has 174 valence electrons. The summed E-state index contributed by atoms with van der Waals surface area (Å²) >= 11 is 0. The topological polar surface area (TPSA) is 49.9 Å². The summed E-state index contributed by atoms with van der Waals surface area (Å²) in [6, 6.07) is 16.6. The van der Waals surface area contributed by atoms with Crippen molar-refractivity contribution in [1.82, 2.24) is 9.80 Å². The summed E-state index contributed by atoms with van der Waals surface area (Å²) in [6.45, 7) is 8.33. The minimum atomic E-state index is -0.497. The standard InChI is InChI=1S/C28H34N2O3/c1-28(2,3)29-16-24(22-13-12-20-10-7-11-21(20)15-22)25(17-29)26(31)30-23(18-33-27(30)32)14-19-8-5-4-6-9-19/h4-6,8-9,12-13,15,23-25H,7,10-11,14,16-18H2,1-3H3/t23-,24?,25?/m0/s1. The molecule has 2 unspecified atom stereocenters. The minimum Gasteiger partial charge on any atom is -0.447 e. The van der Waals surface area contributed by atoms with E-state index in [0.29, 0.717) is 13.0 Å². The van der Waals surface area contributed by atoms with Crippen molar-refractivity contribution in [2.75, 3.05) is 19.7 Å². The van der Waals surface area contributed by atoms with Gasteiger partial charge in [-0.15, -0.1) is 0 Å². The van der Waals surface area contributed by atoms with Crippen molar-refractivity contribution in [2.45, 2.75) is 64.0 Å². The van der Waals surface area contributed by atoms with Gasteiger partial charge in [-0.25, -0.2) is 9.69 Å². The van der Waals surface area contributed by atoms with Crippen LogP contribution in [0.4, 0.5) is 4.79 Å². The van der Waals surface area contributed by atoms with Gasteiger partial charge in [-0.1, -0.05) is 48.5 Å². The summed E-state index contributed by atoms with van der Waals surface area (Å²) in [5.74, 6) is -0.267. The van der Waals surface area contributed by atoms with Gasteiger partial charge in [0.1, 0.15) is 6.61 Å². The van der Waals surface area contributed by atoms with Crippen molar-refractivity contribution in [3.63, 3.8) is 0 Å². The van der Waals surface area contributed by atoms with E-state index in [0.717, 1.165) is 24.9 Å². The van der Waals surface area contributed by atoms with E-state index in [2.05, 4.69) is 43.9 Å². The summed E-state index contributed by atoms with van der Waals surface area (Å²) < 4.78 is 5.38. The zero-order valence-electron chi connectivity index (χ0n) is 19.9. The quantitative estimate of drug-likeness (QED) is 0.690. The lowest BCUT2D eigenvalue weighted by molar-refractivity contribution is -0.133. The van der Waals surface area contributed by atoms with Gasteiger partial charge in [0.25, 0.3) is 0 Å². The normalized spacial score (nSPS) is 25.4. The Balaban J connectivity index is 1.44. The second-order valence-corrected chi connectivity index (χ2v) is 10.8. The molecule has 5 heteroatoms. The van der Waals surface area contributed by atoms with Crippen LogP contribution in [-0.2, 0) is 28.8 Å². The number of rotatable bonds is 4. The van der Waals surface area contributed by atoms with Crippen molar-refractivity contribution in [2.24, 2.45) is 5.92 Å². The number of ether oxygens (including phenoxy) is 1. The number of fused-ring (bicyclic) bond motifs is 1. The number of benzene rings is 2. The van der Waals surface area contributed by atoms with E-state index < -0.39 is 6.09 Å². The molecular weight excluding hydrogens is 412 g/mol. The number of carbonyl (C=O) groups is 2. The van der Waals surface area contributed by atoms with Gasteiger partial charge < -0.3 is 4.74 Å². The Morgan fingerprint density at radius 1 is 1.03 bits per heavy atom. The maximum atomic E-state index is 13.9. The number of hydrogen-bond donors (Lipinski definition) is 0. The highest BCUT2D eigenvalue weighted by atomic mass is 16.6. The number of cyclic esters (lactones) is 1. The van der Waals surface area contributed by atoms with Gasteiger partial charge in [0.15, 0.2) is 0 Å². The van der Waals surface area contributed by atoms with Gasteiger partial charge in [-0.05, 0) is 68.7 Å². The lowest BCUT2D eigenvalue weighted by atomic mass is 9.86. The first-order valence-electron chi connectivity index (χ1n) is 12.2. The Bertz CT molecular complexity index is 1040. The predicted octanol–water partition coefficient (Wildman–Crippen LogP) is 4.58. The predicted molar refractivity (Wildman–Crippen MR) is 128 cm³/mol. The average Bonchev–Trinajstić information content (AvgIpc) is 3.51. The third-order valence-electron chi connectivity index (χ3n) is 7.65. The molecule has 2 saturated heterocycles. The zero-order valence-corrected chi connectivity index (χ0v) is 19.9. The van der Waals surface area contributed by atoms with Crippen LogP contribution in [-0.4, -0.2) is 53.1 Å². The Labute approximate surface area is 196 Å². The third-order valence-corrected chi connectivity index (χ3v) is 7.65. The van der Waals surface area contributed by atoms with Gasteiger partial charge in [0, 0.05) is 24.5 Å². The monoisotopic (exact) mass is 446 g/mol. The lowest BCUT2D eigenvalue weighted by Crippen LogP contribution is -2.46. The Morgan fingerprint density at radius 3 is 2.55 bits per heavy atom. The molecule has 2 amide bonds. The van der Waals surface area contributed by atoms with Crippen LogP contribution in [0, 0.1) is 5.92 Å². The maximum Gasteiger partial charge on any atom is 0.416 e. The highest BCUT2D eigenvalue weighted by Crippen LogP contribution is 2.39. The number of aryl methyl sites for hydroxylation is 2. The van der Waals surface area contributed by atoms with Crippen molar-refractivity contribution in [1.29, 1.82) is 0 Å². The molecule has 2 aliphatic heterocycles. The Morgan fingerprint density at radius 2 is 1.79 bits per heavy atom. The van der Waals surface area contributed by atoms with E-state index in [1.54, 1.807) is 0 Å². The van der Waals surface area contributed by atoms with E-state index >= 15 is 0 Å². The van der Waals surface area contributed by atoms with Crippen LogP contribution in [0.25, 0.3) is 0 Å². The molecule has 2 aromatic rings. The number of amides is 2. The van der Waals surface area contributed by atoms with Gasteiger partial charge in [-0.3, -0.25) is 9.69 Å². The molecule has 2 heterocycles. The fraction of sp³-hybridized carbons (Fsp3) is 0.500. The highest BCUT2D eigenvalue weighted by molar-refractivity contribution is 5.95. The number of imide groups is 1. The maximum absolute atomic E-state index is 13.9. The van der Waals surface area contributed by atoms with E-state index in [1.165, 1.54) is 28.0 Å². The lowest BCUT2D eigenvalue weighted by Gasteiger charge is -2.32. The molecule has 0 radical (unpaired) electrons. The molecule has 0 spiro atoms. The van der Waals surface area contributed by atoms with Crippen molar-refractivity contribution in [3.8, 4) is 0 Å². The number of hydrogen-bond acceptors (Lipinski definition) is 4. The number of nitrogens with zero attached hydrogens (tertiary/aromatic N) is 2. The summed E-state index contributed by atoms with van der Waals surface area (Å²) in [7, 11) is 0. The molecule has 0 N–H and O–H groups in total. The highest BCUT2D eigenvalue weighted by Gasteiger charge is 2.48. The molecule has 3 atom stereocenters. The molecule has 0 saturated carbocycles. The molecular formula is C28H34N2O3. The fourth-order valence-corrected chi connectivity index (χ4v) is 5.71. The molecule has 5 nitrogen and oxygen atoms in total. The second-order valence-electron chi connectivity index (χ2n) is 10.8. The van der Waals surface area contributed by atoms with Crippen LogP contribution in [0.3, 0.4) is 0 Å². The SMILES string of the molecule is CC(C)(C)N1CC(C(=O)N2C(=O)OC[C@@H]2Cc2ccccc2)C(c2ccc3c(c2)CCC3)C1. The van der Waals surface area contributed by atoms with Crippen LogP contribution in [0.15, 0.2) is 48.5 Å².